The van der Waals surface area contributed by atoms with E-state index >= 15 is 0 Å². The minimum atomic E-state index is -0.904. The van der Waals surface area contributed by atoms with Gasteiger partial charge in [-0.1, -0.05) is 36.9 Å². The average molecular weight is 527 g/mol. The quantitative estimate of drug-likeness (QED) is 0.239. The molecule has 0 saturated heterocycles. The molecule has 3 aromatic carbocycles. The second kappa shape index (κ2) is 10.9. The Hall–Kier alpha value is -4.72. The number of methoxy groups -OCH3 is 3. The van der Waals surface area contributed by atoms with Crippen molar-refractivity contribution in [1.82, 2.24) is 10.3 Å². The first kappa shape index (κ1) is 25.9. The Morgan fingerprint density at radius 2 is 1.87 bits per heavy atom. The van der Waals surface area contributed by atoms with Crippen LogP contribution >= 0.6 is 0 Å². The van der Waals surface area contributed by atoms with Gasteiger partial charge in [0.2, 0.25) is 0 Å². The SMILES string of the molecule is C=C[C@H]1Cc2cc(-c3ccc(OC)c(OC)c3)cc(C(=O)NC(Cc3c[nH]c4ccccc34)C(=O)OC)c2O1. The Bertz CT molecular complexity index is 1560. The van der Waals surface area contributed by atoms with Crippen LogP contribution < -0.4 is 19.5 Å². The fourth-order valence-corrected chi connectivity index (χ4v) is 4.96. The number of amides is 1. The molecule has 2 heterocycles. The van der Waals surface area contributed by atoms with Gasteiger partial charge in [0.15, 0.2) is 11.5 Å². The van der Waals surface area contributed by atoms with E-state index in [0.717, 1.165) is 33.2 Å². The molecule has 1 aliphatic rings. The number of esters is 1. The largest absolute Gasteiger partial charge is 0.493 e. The van der Waals surface area contributed by atoms with E-state index in [4.69, 9.17) is 18.9 Å². The zero-order chi connectivity index (χ0) is 27.5. The molecule has 39 heavy (non-hydrogen) atoms. The minimum Gasteiger partial charge on any atom is -0.493 e. The molecule has 0 bridgehead atoms. The van der Waals surface area contributed by atoms with E-state index in [0.29, 0.717) is 29.2 Å². The molecule has 2 N–H and O–H groups in total. The van der Waals surface area contributed by atoms with E-state index in [-0.39, 0.29) is 12.5 Å². The molecule has 200 valence electrons. The van der Waals surface area contributed by atoms with Gasteiger partial charge >= 0.3 is 5.97 Å². The second-order valence-corrected chi connectivity index (χ2v) is 9.29. The molecular formula is C31H30N2O6. The molecule has 1 amide bonds. The number of ether oxygens (including phenoxy) is 4. The Morgan fingerprint density at radius 3 is 2.62 bits per heavy atom. The van der Waals surface area contributed by atoms with Crippen molar-refractivity contribution in [2.45, 2.75) is 25.0 Å². The number of fused-ring (bicyclic) bond motifs is 2. The lowest BCUT2D eigenvalue weighted by Crippen LogP contribution is -2.43. The third-order valence-electron chi connectivity index (χ3n) is 6.97. The molecule has 5 rings (SSSR count). The van der Waals surface area contributed by atoms with Gasteiger partial charge in [-0.3, -0.25) is 4.79 Å². The van der Waals surface area contributed by atoms with E-state index in [1.165, 1.54) is 7.11 Å². The summed E-state index contributed by atoms with van der Waals surface area (Å²) >= 11 is 0. The Labute approximate surface area is 226 Å². The first-order valence-electron chi connectivity index (χ1n) is 12.6. The number of carbonyl (C=O) groups excluding carboxylic acids is 2. The minimum absolute atomic E-state index is 0.255. The van der Waals surface area contributed by atoms with Crippen LogP contribution in [-0.4, -0.2) is 50.3 Å². The summed E-state index contributed by atoms with van der Waals surface area (Å²) in [6, 6.07) is 16.2. The number of carbonyl (C=O) groups is 2. The molecule has 1 unspecified atom stereocenters. The van der Waals surface area contributed by atoms with E-state index in [2.05, 4.69) is 16.9 Å². The van der Waals surface area contributed by atoms with Crippen molar-refractivity contribution in [3.05, 3.63) is 90.1 Å². The number of hydrogen-bond donors (Lipinski definition) is 2. The van der Waals surface area contributed by atoms with Crippen molar-refractivity contribution in [1.29, 1.82) is 0 Å². The topological polar surface area (TPSA) is 98.9 Å². The molecule has 1 aromatic heterocycles. The number of para-hydroxylation sites is 1. The molecule has 2 atom stereocenters. The summed E-state index contributed by atoms with van der Waals surface area (Å²) in [5.74, 6) is 0.692. The van der Waals surface area contributed by atoms with Crippen LogP contribution in [0.25, 0.3) is 22.0 Å². The van der Waals surface area contributed by atoms with Crippen LogP contribution in [0.15, 0.2) is 73.4 Å². The predicted molar refractivity (Wildman–Crippen MR) is 149 cm³/mol. The highest BCUT2D eigenvalue weighted by Crippen LogP contribution is 2.39. The zero-order valence-electron chi connectivity index (χ0n) is 22.1. The summed E-state index contributed by atoms with van der Waals surface area (Å²) in [5, 5.41) is 3.87. The lowest BCUT2D eigenvalue weighted by Gasteiger charge is -2.18. The predicted octanol–water partition coefficient (Wildman–Crippen LogP) is 4.86. The van der Waals surface area contributed by atoms with Crippen molar-refractivity contribution in [3.63, 3.8) is 0 Å². The first-order valence-corrected chi connectivity index (χ1v) is 12.6. The van der Waals surface area contributed by atoms with Crippen LogP contribution in [-0.2, 0) is 22.4 Å². The molecule has 1 aliphatic heterocycles. The molecule has 0 aliphatic carbocycles. The summed E-state index contributed by atoms with van der Waals surface area (Å²) in [5.41, 5.74) is 4.70. The van der Waals surface area contributed by atoms with E-state index in [1.54, 1.807) is 26.4 Å². The van der Waals surface area contributed by atoms with Gasteiger partial charge < -0.3 is 29.2 Å². The number of hydrogen-bond acceptors (Lipinski definition) is 6. The maximum Gasteiger partial charge on any atom is 0.328 e. The van der Waals surface area contributed by atoms with Gasteiger partial charge in [0.05, 0.1) is 26.9 Å². The summed E-state index contributed by atoms with van der Waals surface area (Å²) in [6.45, 7) is 3.85. The maximum atomic E-state index is 13.8. The summed E-state index contributed by atoms with van der Waals surface area (Å²) in [6.07, 6.45) is 4.15. The summed E-state index contributed by atoms with van der Waals surface area (Å²) < 4.78 is 22.0. The number of benzene rings is 3. The van der Waals surface area contributed by atoms with Crippen LogP contribution in [0.4, 0.5) is 0 Å². The van der Waals surface area contributed by atoms with Gasteiger partial charge in [-0.05, 0) is 52.6 Å². The molecular weight excluding hydrogens is 496 g/mol. The van der Waals surface area contributed by atoms with Gasteiger partial charge in [-0.2, -0.15) is 0 Å². The summed E-state index contributed by atoms with van der Waals surface area (Å²) in [7, 11) is 4.46. The van der Waals surface area contributed by atoms with Crippen LogP contribution in [0.3, 0.4) is 0 Å². The van der Waals surface area contributed by atoms with Crippen molar-refractivity contribution in [3.8, 4) is 28.4 Å². The van der Waals surface area contributed by atoms with Crippen LogP contribution in [0, 0.1) is 0 Å². The molecule has 8 heteroatoms. The fraction of sp³-hybridized carbons (Fsp3) is 0.226. The highest BCUT2D eigenvalue weighted by atomic mass is 16.5. The summed E-state index contributed by atoms with van der Waals surface area (Å²) in [4.78, 5) is 29.7. The van der Waals surface area contributed by atoms with Gasteiger partial charge in [-0.15, -0.1) is 0 Å². The smallest absolute Gasteiger partial charge is 0.328 e. The monoisotopic (exact) mass is 526 g/mol. The van der Waals surface area contributed by atoms with Crippen LogP contribution in [0.5, 0.6) is 17.2 Å². The molecule has 0 fully saturated rings. The number of nitrogens with one attached hydrogen (secondary N) is 2. The second-order valence-electron chi connectivity index (χ2n) is 9.29. The van der Waals surface area contributed by atoms with Crippen molar-refractivity contribution >= 4 is 22.8 Å². The molecule has 4 aromatic rings. The number of H-pyrrole nitrogens is 1. The normalized spacial score (nSPS) is 14.7. The van der Waals surface area contributed by atoms with E-state index in [1.807, 2.05) is 54.7 Å². The Morgan fingerprint density at radius 1 is 1.08 bits per heavy atom. The van der Waals surface area contributed by atoms with Crippen molar-refractivity contribution < 1.29 is 28.5 Å². The zero-order valence-corrected chi connectivity index (χ0v) is 22.1. The van der Waals surface area contributed by atoms with Gasteiger partial charge in [0.1, 0.15) is 17.9 Å². The number of aromatic nitrogens is 1. The average Bonchev–Trinajstić information content (AvgIpc) is 3.59. The van der Waals surface area contributed by atoms with Crippen molar-refractivity contribution in [2.24, 2.45) is 0 Å². The maximum absolute atomic E-state index is 13.8. The van der Waals surface area contributed by atoms with E-state index < -0.39 is 17.9 Å². The highest BCUT2D eigenvalue weighted by molar-refractivity contribution is 6.01. The van der Waals surface area contributed by atoms with Gasteiger partial charge in [0.25, 0.3) is 5.91 Å². The molecule has 0 spiro atoms. The van der Waals surface area contributed by atoms with Crippen LogP contribution in [0.1, 0.15) is 21.5 Å². The fourth-order valence-electron chi connectivity index (χ4n) is 4.96. The molecule has 8 nitrogen and oxygen atoms in total. The van der Waals surface area contributed by atoms with E-state index in [9.17, 15) is 9.59 Å². The van der Waals surface area contributed by atoms with Gasteiger partial charge in [-0.25, -0.2) is 4.79 Å². The van der Waals surface area contributed by atoms with Gasteiger partial charge in [0, 0.05) is 29.9 Å². The molecule has 0 saturated carbocycles. The highest BCUT2D eigenvalue weighted by Gasteiger charge is 2.30. The number of aromatic amines is 1. The van der Waals surface area contributed by atoms with Crippen LogP contribution in [0.2, 0.25) is 0 Å². The standard InChI is InChI=1S/C31H30N2O6/c1-5-22-13-20-12-19(18-10-11-27(36-2)28(16-18)37-3)14-24(29(20)39-22)30(34)33-26(31(35)38-4)15-21-17-32-25-9-7-6-8-23(21)25/h5-12,14,16-17,22,26,32H,1,13,15H2,2-4H3,(H,33,34)/t22-,26?/m0/s1. The van der Waals surface area contributed by atoms with Crippen molar-refractivity contribution in [2.75, 3.05) is 21.3 Å². The Kier molecular flexibility index (Phi) is 7.27. The first-order chi connectivity index (χ1) is 18.9. The third kappa shape index (κ3) is 5.05. The third-order valence-corrected chi connectivity index (χ3v) is 6.97. The number of rotatable bonds is 9. The lowest BCUT2D eigenvalue weighted by atomic mass is 9.96. The molecule has 0 radical (unpaired) electrons. The Balaban J connectivity index is 1.51. The lowest BCUT2D eigenvalue weighted by molar-refractivity contribution is -0.142.